The summed E-state index contributed by atoms with van der Waals surface area (Å²) >= 11 is 0. The first-order chi connectivity index (χ1) is 18.2. The Morgan fingerprint density at radius 1 is 1.08 bits per heavy atom. The average molecular weight is 544 g/mol. The second kappa shape index (κ2) is 11.7. The second-order valence-corrected chi connectivity index (χ2v) is 10.6. The molecule has 1 saturated heterocycles. The predicted octanol–water partition coefficient (Wildman–Crippen LogP) is 1.57. The van der Waals surface area contributed by atoms with Gasteiger partial charge < -0.3 is 14.7 Å². The van der Waals surface area contributed by atoms with Crippen molar-refractivity contribution in [2.75, 3.05) is 32.7 Å². The summed E-state index contributed by atoms with van der Waals surface area (Å²) in [5, 5.41) is 19.2. The van der Waals surface area contributed by atoms with Crippen LogP contribution in [0.5, 0.6) is 5.75 Å². The Kier molecular flexibility index (Phi) is 8.42. The van der Waals surface area contributed by atoms with E-state index < -0.39 is 28.1 Å². The van der Waals surface area contributed by atoms with E-state index in [0.29, 0.717) is 5.75 Å². The van der Waals surface area contributed by atoms with E-state index >= 15 is 0 Å². The van der Waals surface area contributed by atoms with Crippen molar-refractivity contribution in [2.45, 2.75) is 24.5 Å². The van der Waals surface area contributed by atoms with Gasteiger partial charge in [-0.3, -0.25) is 19.9 Å². The summed E-state index contributed by atoms with van der Waals surface area (Å²) in [7, 11) is -3.98. The Morgan fingerprint density at radius 3 is 2.42 bits per heavy atom. The molecule has 13 heteroatoms. The van der Waals surface area contributed by atoms with Crippen LogP contribution in [0.4, 0.5) is 4.79 Å². The number of carboxylic acid groups (broad SMARTS) is 1. The van der Waals surface area contributed by atoms with Gasteiger partial charge in [0.15, 0.2) is 0 Å². The number of aromatic nitrogens is 1. The van der Waals surface area contributed by atoms with E-state index in [0.717, 1.165) is 22.2 Å². The number of nitrogens with zero attached hydrogens (tertiary/aromatic N) is 3. The van der Waals surface area contributed by atoms with Gasteiger partial charge in [-0.05, 0) is 43.3 Å². The lowest BCUT2D eigenvalue weighted by atomic mass is 10.1. The molecule has 1 aliphatic heterocycles. The first kappa shape index (κ1) is 27.3. The zero-order valence-corrected chi connectivity index (χ0v) is 21.5. The number of hydrogen-bond acceptors (Lipinski definition) is 8. The molecule has 1 aliphatic rings. The van der Waals surface area contributed by atoms with Crippen LogP contribution in [-0.2, 0) is 21.4 Å². The number of rotatable bonds is 9. The molecule has 1 unspecified atom stereocenters. The van der Waals surface area contributed by atoms with E-state index in [-0.39, 0.29) is 44.2 Å². The summed E-state index contributed by atoms with van der Waals surface area (Å²) < 4.78 is 34.1. The molecular formula is C25H29N5O7S. The largest absolute Gasteiger partial charge is 0.489 e. The molecule has 0 bridgehead atoms. The molecule has 202 valence electrons. The highest BCUT2D eigenvalue weighted by Gasteiger charge is 2.31. The number of piperazine rings is 1. The number of aryl methyl sites for hydroxylation is 1. The smallest absolute Gasteiger partial charge is 0.407 e. The van der Waals surface area contributed by atoms with Gasteiger partial charge in [0.25, 0.3) is 5.91 Å². The number of benzene rings is 2. The summed E-state index contributed by atoms with van der Waals surface area (Å²) in [4.78, 5) is 30.7. The Hall–Kier alpha value is -3.78. The highest BCUT2D eigenvalue weighted by Crippen LogP contribution is 2.22. The number of pyridine rings is 1. The monoisotopic (exact) mass is 543 g/mol. The lowest BCUT2D eigenvalue weighted by Gasteiger charge is -2.37. The van der Waals surface area contributed by atoms with Gasteiger partial charge in [-0.2, -0.15) is 0 Å². The number of hydroxylamine groups is 1. The minimum atomic E-state index is -3.98. The summed E-state index contributed by atoms with van der Waals surface area (Å²) in [6, 6.07) is 14.6. The quantitative estimate of drug-likeness (QED) is 0.232. The molecule has 2 amide bonds. The number of ether oxygens (including phenoxy) is 1. The molecule has 38 heavy (non-hydrogen) atoms. The minimum absolute atomic E-state index is 0.0195. The predicted molar refractivity (Wildman–Crippen MR) is 137 cm³/mol. The Balaban J connectivity index is 1.39. The number of amides is 2. The van der Waals surface area contributed by atoms with Gasteiger partial charge in [0.05, 0.1) is 10.4 Å². The standard InChI is InChI=1S/C25H29N5O7S/c1-17-14-18(21-4-2-3-5-22(21)27-17)16-37-19-6-8-20(9-7-19)38(35,36)26-15-23(24(31)28-34)29-10-12-30(13-11-29)25(32)33/h2-9,14,23,26,34H,10-13,15-16H2,1H3,(H,28,31)(H,32,33). The van der Waals surface area contributed by atoms with E-state index in [1.807, 2.05) is 37.3 Å². The number of nitrogens with one attached hydrogen (secondary N) is 2. The van der Waals surface area contributed by atoms with E-state index in [4.69, 9.17) is 15.1 Å². The number of sulfonamides is 1. The molecule has 1 aromatic heterocycles. The van der Waals surface area contributed by atoms with Gasteiger partial charge in [0, 0.05) is 49.4 Å². The Labute approximate surface area is 219 Å². The topological polar surface area (TPSA) is 161 Å². The van der Waals surface area contributed by atoms with E-state index in [1.165, 1.54) is 17.0 Å². The van der Waals surface area contributed by atoms with E-state index in [2.05, 4.69) is 9.71 Å². The van der Waals surface area contributed by atoms with Crippen LogP contribution >= 0.6 is 0 Å². The van der Waals surface area contributed by atoms with Crippen molar-refractivity contribution in [1.82, 2.24) is 25.0 Å². The number of para-hydroxylation sites is 1. The SMILES string of the molecule is Cc1cc(COc2ccc(S(=O)(=O)NCC(C(=O)NO)N3CCN(C(=O)O)CC3)cc2)c2ccccc2n1. The van der Waals surface area contributed by atoms with Gasteiger partial charge >= 0.3 is 6.09 Å². The van der Waals surface area contributed by atoms with Gasteiger partial charge in [-0.25, -0.2) is 23.4 Å². The van der Waals surface area contributed by atoms with Crippen LogP contribution in [0.1, 0.15) is 11.3 Å². The highest BCUT2D eigenvalue weighted by atomic mass is 32.2. The van der Waals surface area contributed by atoms with Gasteiger partial charge in [0.2, 0.25) is 10.0 Å². The third-order valence-electron chi connectivity index (χ3n) is 6.36. The van der Waals surface area contributed by atoms with Gasteiger partial charge in [0.1, 0.15) is 18.4 Å². The molecule has 3 aromatic rings. The van der Waals surface area contributed by atoms with Crippen molar-refractivity contribution in [2.24, 2.45) is 0 Å². The molecular weight excluding hydrogens is 514 g/mol. The fourth-order valence-corrected chi connectivity index (χ4v) is 5.39. The Bertz CT molecular complexity index is 1410. The number of fused-ring (bicyclic) bond motifs is 1. The molecule has 1 atom stereocenters. The fourth-order valence-electron chi connectivity index (χ4n) is 4.35. The van der Waals surface area contributed by atoms with E-state index in [9.17, 15) is 18.0 Å². The molecule has 12 nitrogen and oxygen atoms in total. The first-order valence-corrected chi connectivity index (χ1v) is 13.4. The van der Waals surface area contributed by atoms with Crippen LogP contribution in [0, 0.1) is 6.92 Å². The highest BCUT2D eigenvalue weighted by molar-refractivity contribution is 7.89. The van der Waals surface area contributed by atoms with Crippen LogP contribution in [0.15, 0.2) is 59.5 Å². The zero-order chi connectivity index (χ0) is 27.3. The van der Waals surface area contributed by atoms with Crippen LogP contribution in [-0.4, -0.2) is 84.3 Å². The maximum Gasteiger partial charge on any atom is 0.407 e. The molecule has 2 heterocycles. The lowest BCUT2D eigenvalue weighted by Crippen LogP contribution is -2.58. The minimum Gasteiger partial charge on any atom is -0.489 e. The summed E-state index contributed by atoms with van der Waals surface area (Å²) in [6.07, 6.45) is -1.06. The van der Waals surface area contributed by atoms with Crippen molar-refractivity contribution >= 4 is 32.9 Å². The third-order valence-corrected chi connectivity index (χ3v) is 7.80. The van der Waals surface area contributed by atoms with Crippen molar-refractivity contribution in [3.63, 3.8) is 0 Å². The van der Waals surface area contributed by atoms with Gasteiger partial charge in [-0.15, -0.1) is 0 Å². The fraction of sp³-hybridized carbons (Fsp3) is 0.320. The number of hydrogen-bond donors (Lipinski definition) is 4. The van der Waals surface area contributed by atoms with Crippen LogP contribution < -0.4 is 14.9 Å². The molecule has 4 rings (SSSR count). The van der Waals surface area contributed by atoms with Crippen LogP contribution in [0.2, 0.25) is 0 Å². The molecule has 0 spiro atoms. The molecule has 2 aromatic carbocycles. The molecule has 1 fully saturated rings. The lowest BCUT2D eigenvalue weighted by molar-refractivity contribution is -0.135. The maximum absolute atomic E-state index is 12.9. The molecule has 0 aliphatic carbocycles. The summed E-state index contributed by atoms with van der Waals surface area (Å²) in [6.45, 7) is 2.62. The average Bonchev–Trinajstić information content (AvgIpc) is 2.92. The normalized spacial score (nSPS) is 15.3. The Morgan fingerprint density at radius 2 is 1.76 bits per heavy atom. The van der Waals surface area contributed by atoms with Crippen molar-refractivity contribution < 1.29 is 33.1 Å². The number of carbonyl (C=O) groups is 2. The van der Waals surface area contributed by atoms with Crippen LogP contribution in [0.25, 0.3) is 10.9 Å². The van der Waals surface area contributed by atoms with Gasteiger partial charge in [-0.1, -0.05) is 18.2 Å². The van der Waals surface area contributed by atoms with E-state index in [1.54, 1.807) is 22.5 Å². The zero-order valence-electron chi connectivity index (χ0n) is 20.7. The van der Waals surface area contributed by atoms with Crippen molar-refractivity contribution in [1.29, 1.82) is 0 Å². The summed E-state index contributed by atoms with van der Waals surface area (Å²) in [5.74, 6) is -0.310. The first-order valence-electron chi connectivity index (χ1n) is 11.9. The van der Waals surface area contributed by atoms with Crippen molar-refractivity contribution in [3.8, 4) is 5.75 Å². The summed E-state index contributed by atoms with van der Waals surface area (Å²) in [5.41, 5.74) is 4.26. The maximum atomic E-state index is 12.9. The molecule has 0 radical (unpaired) electrons. The molecule has 0 saturated carbocycles. The third kappa shape index (κ3) is 6.37. The number of carbonyl (C=O) groups excluding carboxylic acids is 1. The molecule has 4 N–H and O–H groups in total. The second-order valence-electron chi connectivity index (χ2n) is 8.85. The van der Waals surface area contributed by atoms with Crippen molar-refractivity contribution in [3.05, 3.63) is 65.9 Å². The van der Waals surface area contributed by atoms with Crippen LogP contribution in [0.3, 0.4) is 0 Å².